The van der Waals surface area contributed by atoms with E-state index in [9.17, 15) is 31.1 Å². The van der Waals surface area contributed by atoms with Crippen LogP contribution in [0.25, 0.3) is 6.08 Å². The Kier molecular flexibility index (Phi) is 5.16. The predicted octanol–water partition coefficient (Wildman–Crippen LogP) is 4.58. The normalized spacial score (nSPS) is 17.4. The van der Waals surface area contributed by atoms with E-state index in [1.807, 2.05) is 0 Å². The van der Waals surface area contributed by atoms with Crippen LogP contribution in [0.3, 0.4) is 0 Å². The number of halogens is 6. The van der Waals surface area contributed by atoms with Gasteiger partial charge in [-0.3, -0.25) is 0 Å². The molecule has 1 aromatic carbocycles. The second-order valence-corrected chi connectivity index (χ2v) is 6.09. The van der Waals surface area contributed by atoms with Gasteiger partial charge in [-0.25, -0.2) is 4.79 Å². The third-order valence-corrected chi connectivity index (χ3v) is 3.40. The highest BCUT2D eigenvalue weighted by molar-refractivity contribution is 5.95. The van der Waals surface area contributed by atoms with Crippen molar-refractivity contribution >= 4 is 12.0 Å². The van der Waals surface area contributed by atoms with Gasteiger partial charge in [-0.05, 0) is 36.1 Å². The van der Waals surface area contributed by atoms with E-state index in [-0.39, 0.29) is 29.2 Å². The highest BCUT2D eigenvalue weighted by Gasteiger charge is 2.49. The van der Waals surface area contributed by atoms with Crippen molar-refractivity contribution in [3.05, 3.63) is 28.8 Å². The van der Waals surface area contributed by atoms with E-state index in [1.165, 1.54) is 0 Å². The van der Waals surface area contributed by atoms with Crippen LogP contribution in [-0.4, -0.2) is 29.7 Å². The van der Waals surface area contributed by atoms with Crippen molar-refractivity contribution in [1.29, 1.82) is 0 Å². The predicted molar refractivity (Wildman–Crippen MR) is 77.8 cm³/mol. The molecule has 1 atom stereocenters. The smallest absolute Gasteiger partial charge is 0.478 e. The number of carboxylic acids is 1. The van der Waals surface area contributed by atoms with Gasteiger partial charge in [0.2, 0.25) is 6.10 Å². The van der Waals surface area contributed by atoms with E-state index < -0.39 is 35.9 Å². The number of aliphatic carboxylic acids is 1. The number of benzene rings is 1. The van der Waals surface area contributed by atoms with Gasteiger partial charge >= 0.3 is 18.5 Å². The molecule has 1 aliphatic heterocycles. The fourth-order valence-electron chi connectivity index (χ4n) is 2.56. The van der Waals surface area contributed by atoms with E-state index in [4.69, 9.17) is 9.84 Å². The minimum atomic E-state index is -5.01. The Hall–Kier alpha value is -2.39. The lowest BCUT2D eigenvalue weighted by Crippen LogP contribution is -2.40. The molecule has 1 N–H and O–H groups in total. The SMILES string of the molecule is CC(C)Cc1cc(OC(F)(F)F)cc2c1OC(C(F)(F)F)C(C(=O)O)=C2. The standard InChI is InChI=1S/C16H14F6O4/c1-7(2)3-8-4-10(26-16(20,21)22)5-9-6-11(14(23)24)13(15(17,18)19)25-12(8)9/h4-7,13H,3H2,1-2H3,(H,23,24). The summed E-state index contributed by atoms with van der Waals surface area (Å²) in [6, 6.07) is 1.74. The van der Waals surface area contributed by atoms with Crippen molar-refractivity contribution in [2.75, 3.05) is 0 Å². The molecule has 26 heavy (non-hydrogen) atoms. The van der Waals surface area contributed by atoms with Gasteiger partial charge in [-0.2, -0.15) is 13.2 Å². The molecule has 1 unspecified atom stereocenters. The summed E-state index contributed by atoms with van der Waals surface area (Å²) in [6.07, 6.45) is -12.0. The van der Waals surface area contributed by atoms with E-state index in [1.54, 1.807) is 13.8 Å². The molecule has 0 saturated heterocycles. The van der Waals surface area contributed by atoms with Crippen LogP contribution in [0.2, 0.25) is 0 Å². The van der Waals surface area contributed by atoms with Gasteiger partial charge in [0, 0.05) is 5.56 Å². The molecular weight excluding hydrogens is 370 g/mol. The maximum atomic E-state index is 13.1. The number of ether oxygens (including phenoxy) is 2. The maximum absolute atomic E-state index is 13.1. The molecule has 0 bridgehead atoms. The average Bonchev–Trinajstić information content (AvgIpc) is 2.42. The number of rotatable bonds is 4. The van der Waals surface area contributed by atoms with E-state index in [0.29, 0.717) is 6.08 Å². The van der Waals surface area contributed by atoms with Crippen LogP contribution in [-0.2, 0) is 11.2 Å². The maximum Gasteiger partial charge on any atom is 0.573 e. The topological polar surface area (TPSA) is 55.8 Å². The molecule has 0 spiro atoms. The van der Waals surface area contributed by atoms with E-state index >= 15 is 0 Å². The highest BCUT2D eigenvalue weighted by atomic mass is 19.4. The first-order valence-corrected chi connectivity index (χ1v) is 7.39. The van der Waals surface area contributed by atoms with Crippen LogP contribution in [0.4, 0.5) is 26.3 Å². The summed E-state index contributed by atoms with van der Waals surface area (Å²) >= 11 is 0. The minimum absolute atomic E-state index is 0.0617. The first-order chi connectivity index (χ1) is 11.8. The van der Waals surface area contributed by atoms with E-state index in [0.717, 1.165) is 12.1 Å². The minimum Gasteiger partial charge on any atom is -0.478 e. The Bertz CT molecular complexity index is 733. The van der Waals surface area contributed by atoms with Crippen LogP contribution < -0.4 is 9.47 Å². The van der Waals surface area contributed by atoms with Crippen molar-refractivity contribution in [2.24, 2.45) is 5.92 Å². The summed E-state index contributed by atoms with van der Waals surface area (Å²) in [6.45, 7) is 3.43. The molecule has 2 rings (SSSR count). The largest absolute Gasteiger partial charge is 0.573 e. The van der Waals surface area contributed by atoms with Gasteiger partial charge in [0.25, 0.3) is 0 Å². The van der Waals surface area contributed by atoms with Crippen molar-refractivity contribution < 1.29 is 45.7 Å². The molecular formula is C16H14F6O4. The molecule has 0 aromatic heterocycles. The van der Waals surface area contributed by atoms with Gasteiger partial charge in [0.15, 0.2) is 0 Å². The van der Waals surface area contributed by atoms with Gasteiger partial charge in [0.05, 0.1) is 5.57 Å². The summed E-state index contributed by atoms with van der Waals surface area (Å²) in [7, 11) is 0. The van der Waals surface area contributed by atoms with Gasteiger partial charge in [0.1, 0.15) is 11.5 Å². The summed E-state index contributed by atoms with van der Waals surface area (Å²) in [5.74, 6) is -2.97. The molecule has 0 saturated carbocycles. The van der Waals surface area contributed by atoms with Crippen molar-refractivity contribution in [1.82, 2.24) is 0 Å². The summed E-state index contributed by atoms with van der Waals surface area (Å²) in [4.78, 5) is 11.1. The zero-order valence-electron chi connectivity index (χ0n) is 13.5. The lowest BCUT2D eigenvalue weighted by molar-refractivity contribution is -0.274. The average molecular weight is 384 g/mol. The fraction of sp³-hybridized carbons (Fsp3) is 0.438. The number of fused-ring (bicyclic) bond motifs is 1. The monoisotopic (exact) mass is 384 g/mol. The number of alkyl halides is 6. The molecule has 1 aliphatic rings. The number of carbonyl (C=O) groups is 1. The number of hydrogen-bond acceptors (Lipinski definition) is 3. The fourth-order valence-corrected chi connectivity index (χ4v) is 2.56. The highest BCUT2D eigenvalue weighted by Crippen LogP contribution is 2.42. The first kappa shape index (κ1) is 19.9. The summed E-state index contributed by atoms with van der Waals surface area (Å²) < 4.78 is 85.6. The zero-order valence-corrected chi connectivity index (χ0v) is 13.5. The van der Waals surface area contributed by atoms with Crippen molar-refractivity contribution in [3.8, 4) is 11.5 Å². The Morgan fingerprint density at radius 1 is 1.23 bits per heavy atom. The first-order valence-electron chi connectivity index (χ1n) is 7.39. The Labute approximate surface area is 144 Å². The Balaban J connectivity index is 2.62. The molecule has 1 aromatic rings. The summed E-state index contributed by atoms with van der Waals surface area (Å²) in [5.41, 5.74) is -1.28. The third-order valence-electron chi connectivity index (χ3n) is 3.40. The number of carboxylic acid groups (broad SMARTS) is 1. The molecule has 1 heterocycles. The third kappa shape index (κ3) is 4.61. The molecule has 0 amide bonds. The van der Waals surface area contributed by atoms with Crippen LogP contribution in [0.15, 0.2) is 17.7 Å². The Morgan fingerprint density at radius 2 is 1.85 bits per heavy atom. The van der Waals surface area contributed by atoms with Crippen LogP contribution >= 0.6 is 0 Å². The van der Waals surface area contributed by atoms with E-state index in [2.05, 4.69) is 4.74 Å². The zero-order chi connectivity index (χ0) is 19.9. The number of hydrogen-bond donors (Lipinski definition) is 1. The molecule has 144 valence electrons. The Morgan fingerprint density at radius 3 is 2.31 bits per heavy atom. The van der Waals surface area contributed by atoms with Crippen LogP contribution in [0, 0.1) is 5.92 Å². The van der Waals surface area contributed by atoms with Crippen LogP contribution in [0.1, 0.15) is 25.0 Å². The van der Waals surface area contributed by atoms with Gasteiger partial charge in [-0.1, -0.05) is 13.8 Å². The molecule has 0 aliphatic carbocycles. The molecule has 4 nitrogen and oxygen atoms in total. The van der Waals surface area contributed by atoms with Gasteiger partial charge in [-0.15, -0.1) is 13.2 Å². The second kappa shape index (κ2) is 6.73. The molecule has 0 fully saturated rings. The molecule has 0 radical (unpaired) electrons. The lowest BCUT2D eigenvalue weighted by atomic mass is 9.94. The van der Waals surface area contributed by atoms with Crippen LogP contribution in [0.5, 0.6) is 11.5 Å². The van der Waals surface area contributed by atoms with Gasteiger partial charge < -0.3 is 14.6 Å². The quantitative estimate of drug-likeness (QED) is 0.773. The molecule has 10 heteroatoms. The summed E-state index contributed by atoms with van der Waals surface area (Å²) in [5, 5.41) is 9.01. The van der Waals surface area contributed by atoms with Crippen molar-refractivity contribution in [2.45, 2.75) is 38.9 Å². The lowest BCUT2D eigenvalue weighted by Gasteiger charge is -2.29. The second-order valence-electron chi connectivity index (χ2n) is 6.09. The van der Waals surface area contributed by atoms with Crippen molar-refractivity contribution in [3.63, 3.8) is 0 Å².